The summed E-state index contributed by atoms with van der Waals surface area (Å²) in [6, 6.07) is 15.9. The smallest absolute Gasteiger partial charge is 0.245 e. The van der Waals surface area contributed by atoms with Crippen LogP contribution in [0.3, 0.4) is 0 Å². The van der Waals surface area contributed by atoms with Gasteiger partial charge in [0.15, 0.2) is 0 Å². The van der Waals surface area contributed by atoms with Crippen molar-refractivity contribution in [1.82, 2.24) is 4.90 Å². The second-order valence-corrected chi connectivity index (χ2v) is 7.57. The molecule has 2 rings (SSSR count). The number of amides is 1. The van der Waals surface area contributed by atoms with Crippen LogP contribution in [0.25, 0.3) is 11.1 Å². The lowest BCUT2D eigenvalue weighted by Gasteiger charge is -2.15. The van der Waals surface area contributed by atoms with Crippen LogP contribution in [0, 0.1) is 0 Å². The first-order valence-corrected chi connectivity index (χ1v) is 10.7. The van der Waals surface area contributed by atoms with Gasteiger partial charge < -0.3 is 4.90 Å². The van der Waals surface area contributed by atoms with Crippen molar-refractivity contribution in [2.24, 2.45) is 0 Å². The molecule has 2 aromatic carbocycles. The minimum atomic E-state index is -0.0114. The SMILES string of the molecule is C=CC(=O)N(C)CCCc1ccc(-c2ccc(CCCCC)cc2)c(CC)c1. The highest BCUT2D eigenvalue weighted by Crippen LogP contribution is 2.26. The van der Waals surface area contributed by atoms with E-state index < -0.39 is 0 Å². The highest BCUT2D eigenvalue weighted by atomic mass is 16.2. The Hall–Kier alpha value is -2.35. The van der Waals surface area contributed by atoms with Gasteiger partial charge in [-0.1, -0.05) is 75.7 Å². The standard InChI is InChI=1S/C26H35NO/c1-5-8-9-11-21-13-16-24(17-14-21)25-18-15-22(20-23(25)6-2)12-10-19-27(4)26(28)7-3/h7,13-18,20H,3,5-6,8-12,19H2,1-2,4H3. The summed E-state index contributed by atoms with van der Waals surface area (Å²) in [5, 5.41) is 0. The molecule has 0 N–H and O–H groups in total. The van der Waals surface area contributed by atoms with E-state index in [1.807, 2.05) is 7.05 Å². The Morgan fingerprint density at radius 2 is 1.64 bits per heavy atom. The number of likely N-dealkylation sites (N-methyl/N-ethyl adjacent to an activating group) is 1. The normalized spacial score (nSPS) is 10.7. The number of hydrogen-bond donors (Lipinski definition) is 0. The number of unbranched alkanes of at least 4 members (excludes halogenated alkanes) is 2. The van der Waals surface area contributed by atoms with E-state index in [4.69, 9.17) is 0 Å². The van der Waals surface area contributed by atoms with E-state index in [2.05, 4.69) is 62.9 Å². The van der Waals surface area contributed by atoms with Crippen molar-refractivity contribution in [3.05, 3.63) is 71.8 Å². The molecule has 0 saturated heterocycles. The summed E-state index contributed by atoms with van der Waals surface area (Å²) in [6.07, 6.45) is 9.37. The number of hydrogen-bond acceptors (Lipinski definition) is 1. The molecule has 0 heterocycles. The van der Waals surface area contributed by atoms with Crippen molar-refractivity contribution in [2.45, 2.75) is 58.8 Å². The molecule has 0 aliphatic heterocycles. The van der Waals surface area contributed by atoms with Gasteiger partial charge in [0.05, 0.1) is 0 Å². The van der Waals surface area contributed by atoms with E-state index in [9.17, 15) is 4.79 Å². The van der Waals surface area contributed by atoms with Crippen LogP contribution >= 0.6 is 0 Å². The molecule has 0 radical (unpaired) electrons. The molecule has 2 heteroatoms. The van der Waals surface area contributed by atoms with Crippen molar-refractivity contribution in [3.63, 3.8) is 0 Å². The summed E-state index contributed by atoms with van der Waals surface area (Å²) in [5.74, 6) is -0.0114. The molecule has 0 saturated carbocycles. The highest BCUT2D eigenvalue weighted by Gasteiger charge is 2.07. The zero-order valence-corrected chi connectivity index (χ0v) is 17.8. The molecule has 0 spiro atoms. The maximum absolute atomic E-state index is 11.6. The van der Waals surface area contributed by atoms with Crippen LogP contribution in [-0.2, 0) is 24.1 Å². The lowest BCUT2D eigenvalue weighted by molar-refractivity contribution is -0.124. The van der Waals surface area contributed by atoms with E-state index in [1.165, 1.54) is 59.6 Å². The van der Waals surface area contributed by atoms with E-state index in [0.717, 1.165) is 25.8 Å². The van der Waals surface area contributed by atoms with Gasteiger partial charge in [-0.3, -0.25) is 4.79 Å². The fourth-order valence-electron chi connectivity index (χ4n) is 3.59. The lowest BCUT2D eigenvalue weighted by Crippen LogP contribution is -2.25. The first-order valence-electron chi connectivity index (χ1n) is 10.7. The van der Waals surface area contributed by atoms with Crippen molar-refractivity contribution in [3.8, 4) is 11.1 Å². The van der Waals surface area contributed by atoms with Crippen LogP contribution in [0.1, 0.15) is 56.2 Å². The lowest BCUT2D eigenvalue weighted by atomic mass is 9.93. The van der Waals surface area contributed by atoms with Gasteiger partial charge in [0, 0.05) is 13.6 Å². The van der Waals surface area contributed by atoms with Crippen LogP contribution in [0.4, 0.5) is 0 Å². The van der Waals surface area contributed by atoms with Crippen LogP contribution in [0.15, 0.2) is 55.1 Å². The monoisotopic (exact) mass is 377 g/mol. The van der Waals surface area contributed by atoms with Gasteiger partial charge in [-0.15, -0.1) is 0 Å². The Morgan fingerprint density at radius 1 is 0.964 bits per heavy atom. The van der Waals surface area contributed by atoms with Gasteiger partial charge in [-0.25, -0.2) is 0 Å². The molecule has 1 amide bonds. The Balaban J connectivity index is 2.02. The molecule has 28 heavy (non-hydrogen) atoms. The molecule has 2 aromatic rings. The summed E-state index contributed by atoms with van der Waals surface area (Å²) in [4.78, 5) is 13.3. The molecule has 0 atom stereocenters. The number of nitrogens with zero attached hydrogens (tertiary/aromatic N) is 1. The highest BCUT2D eigenvalue weighted by molar-refractivity contribution is 5.86. The summed E-state index contributed by atoms with van der Waals surface area (Å²) < 4.78 is 0. The van der Waals surface area contributed by atoms with E-state index in [-0.39, 0.29) is 5.91 Å². The number of benzene rings is 2. The largest absolute Gasteiger partial charge is 0.342 e. The van der Waals surface area contributed by atoms with Crippen LogP contribution < -0.4 is 0 Å². The van der Waals surface area contributed by atoms with E-state index in [0.29, 0.717) is 0 Å². The van der Waals surface area contributed by atoms with Gasteiger partial charge in [0.1, 0.15) is 0 Å². The number of carbonyl (C=O) groups is 1. The second-order valence-electron chi connectivity index (χ2n) is 7.57. The Bertz CT molecular complexity index is 761. The van der Waals surface area contributed by atoms with Gasteiger partial charge in [-0.2, -0.15) is 0 Å². The maximum Gasteiger partial charge on any atom is 0.245 e. The quantitative estimate of drug-likeness (QED) is 0.336. The van der Waals surface area contributed by atoms with Gasteiger partial charge in [0.25, 0.3) is 0 Å². The summed E-state index contributed by atoms with van der Waals surface area (Å²) in [5.41, 5.74) is 6.82. The minimum Gasteiger partial charge on any atom is -0.342 e. The van der Waals surface area contributed by atoms with Crippen molar-refractivity contribution in [1.29, 1.82) is 0 Å². The minimum absolute atomic E-state index is 0.0114. The topological polar surface area (TPSA) is 20.3 Å². The number of aryl methyl sites for hydroxylation is 3. The first kappa shape index (κ1) is 21.9. The third-order valence-electron chi connectivity index (χ3n) is 5.39. The predicted molar refractivity (Wildman–Crippen MR) is 121 cm³/mol. The van der Waals surface area contributed by atoms with E-state index in [1.54, 1.807) is 4.90 Å². The van der Waals surface area contributed by atoms with Gasteiger partial charge >= 0.3 is 0 Å². The van der Waals surface area contributed by atoms with Gasteiger partial charge in [-0.05, 0) is 66.0 Å². The van der Waals surface area contributed by atoms with Crippen LogP contribution in [0.2, 0.25) is 0 Å². The molecule has 2 nitrogen and oxygen atoms in total. The van der Waals surface area contributed by atoms with Crippen molar-refractivity contribution >= 4 is 5.91 Å². The van der Waals surface area contributed by atoms with E-state index >= 15 is 0 Å². The Morgan fingerprint density at radius 3 is 2.29 bits per heavy atom. The molecular formula is C26H35NO. The van der Waals surface area contributed by atoms with Crippen molar-refractivity contribution < 1.29 is 4.79 Å². The van der Waals surface area contributed by atoms with Gasteiger partial charge in [0.2, 0.25) is 5.91 Å². The zero-order valence-electron chi connectivity index (χ0n) is 17.8. The zero-order chi connectivity index (χ0) is 20.4. The number of rotatable bonds is 11. The fourth-order valence-corrected chi connectivity index (χ4v) is 3.59. The summed E-state index contributed by atoms with van der Waals surface area (Å²) in [6.45, 7) is 8.77. The maximum atomic E-state index is 11.6. The molecule has 0 aliphatic rings. The average molecular weight is 378 g/mol. The van der Waals surface area contributed by atoms with Crippen LogP contribution in [0.5, 0.6) is 0 Å². The molecule has 0 aromatic heterocycles. The third kappa shape index (κ3) is 6.37. The second kappa shape index (κ2) is 11.5. The van der Waals surface area contributed by atoms with Crippen LogP contribution in [-0.4, -0.2) is 24.4 Å². The third-order valence-corrected chi connectivity index (χ3v) is 5.39. The first-order chi connectivity index (χ1) is 13.6. The number of carbonyl (C=O) groups excluding carboxylic acids is 1. The molecule has 0 aliphatic carbocycles. The molecule has 0 unspecified atom stereocenters. The summed E-state index contributed by atoms with van der Waals surface area (Å²) >= 11 is 0. The molecular weight excluding hydrogens is 342 g/mol. The predicted octanol–water partition coefficient (Wildman–Crippen LogP) is 6.23. The summed E-state index contributed by atoms with van der Waals surface area (Å²) in [7, 11) is 1.83. The molecule has 0 bridgehead atoms. The average Bonchev–Trinajstić information content (AvgIpc) is 2.73. The molecule has 150 valence electrons. The Labute approximate surface area is 171 Å². The van der Waals surface area contributed by atoms with Crippen molar-refractivity contribution in [2.75, 3.05) is 13.6 Å². The molecule has 0 fully saturated rings. The Kier molecular flexibility index (Phi) is 9.00. The fraction of sp³-hybridized carbons (Fsp3) is 0.423.